The predicted octanol–water partition coefficient (Wildman–Crippen LogP) is 5.76. The van der Waals surface area contributed by atoms with Crippen molar-refractivity contribution in [3.8, 4) is 0 Å². The van der Waals surface area contributed by atoms with Crippen molar-refractivity contribution in [1.82, 2.24) is 4.98 Å². The lowest BCUT2D eigenvalue weighted by atomic mass is 10.1. The molecule has 1 amide bonds. The van der Waals surface area contributed by atoms with Crippen molar-refractivity contribution >= 4 is 45.4 Å². The van der Waals surface area contributed by atoms with E-state index in [0.29, 0.717) is 15.7 Å². The van der Waals surface area contributed by atoms with Crippen molar-refractivity contribution in [3.05, 3.63) is 62.8 Å². The van der Waals surface area contributed by atoms with Crippen LogP contribution >= 0.6 is 22.7 Å². The lowest BCUT2D eigenvalue weighted by Crippen LogP contribution is -2.22. The van der Waals surface area contributed by atoms with Gasteiger partial charge in [0.25, 0.3) is 0 Å². The second kappa shape index (κ2) is 9.80. The zero-order valence-corrected chi connectivity index (χ0v) is 18.4. The zero-order valence-electron chi connectivity index (χ0n) is 16.8. The summed E-state index contributed by atoms with van der Waals surface area (Å²) in [4.78, 5) is 32.5. The summed E-state index contributed by atoms with van der Waals surface area (Å²) in [5, 5.41) is 2.37. The molecule has 29 heavy (non-hydrogen) atoms. The van der Waals surface area contributed by atoms with Gasteiger partial charge in [0.15, 0.2) is 5.13 Å². The molecule has 0 spiro atoms. The number of thiophene rings is 1. The van der Waals surface area contributed by atoms with Crippen LogP contribution in [-0.4, -0.2) is 16.9 Å². The van der Waals surface area contributed by atoms with Crippen LogP contribution in [0, 0.1) is 0 Å². The minimum absolute atomic E-state index is 0.0817. The molecule has 3 aromatic rings. The highest BCUT2D eigenvalue weighted by atomic mass is 32.1. The van der Waals surface area contributed by atoms with Gasteiger partial charge in [-0.3, -0.25) is 9.69 Å². The van der Waals surface area contributed by atoms with Crippen LogP contribution in [0.4, 0.5) is 10.8 Å². The molecular weight excluding hydrogens is 404 g/mol. The molecule has 7 heteroatoms. The van der Waals surface area contributed by atoms with E-state index in [2.05, 4.69) is 18.8 Å². The average molecular weight is 429 g/mol. The Morgan fingerprint density at radius 1 is 1.17 bits per heavy atom. The number of esters is 1. The van der Waals surface area contributed by atoms with E-state index in [9.17, 15) is 9.59 Å². The van der Waals surface area contributed by atoms with E-state index >= 15 is 0 Å². The molecule has 0 fully saturated rings. The van der Waals surface area contributed by atoms with Gasteiger partial charge in [0.1, 0.15) is 11.5 Å². The molecule has 0 saturated heterocycles. The fourth-order valence-corrected chi connectivity index (χ4v) is 5.11. The van der Waals surface area contributed by atoms with Crippen LogP contribution < -0.4 is 4.90 Å². The molecule has 0 aliphatic heterocycles. The number of carbonyl (C=O) groups is 2. The molecule has 152 valence electrons. The molecule has 0 aliphatic carbocycles. The summed E-state index contributed by atoms with van der Waals surface area (Å²) in [6, 6.07) is 11.3. The Kier molecular flexibility index (Phi) is 7.17. The maximum Gasteiger partial charge on any atom is 0.348 e. The zero-order chi connectivity index (χ0) is 20.8. The predicted molar refractivity (Wildman–Crippen MR) is 118 cm³/mol. The SMILES string of the molecule is CCCc1sc(C(=O)OCc2csc(N(C(C)=O)c3ccccc3)n2)cc1CC. The van der Waals surface area contributed by atoms with Gasteiger partial charge in [0.05, 0.1) is 11.4 Å². The Balaban J connectivity index is 1.69. The van der Waals surface area contributed by atoms with Crippen molar-refractivity contribution in [2.75, 3.05) is 4.90 Å². The smallest absolute Gasteiger partial charge is 0.348 e. The van der Waals surface area contributed by atoms with Gasteiger partial charge in [-0.15, -0.1) is 22.7 Å². The number of aryl methyl sites for hydroxylation is 2. The number of nitrogens with zero attached hydrogens (tertiary/aromatic N) is 2. The maximum atomic E-state index is 12.5. The number of ether oxygens (including phenoxy) is 1. The van der Waals surface area contributed by atoms with Gasteiger partial charge in [-0.05, 0) is 36.6 Å². The summed E-state index contributed by atoms with van der Waals surface area (Å²) in [7, 11) is 0. The van der Waals surface area contributed by atoms with Gasteiger partial charge < -0.3 is 4.74 Å². The third-order valence-corrected chi connectivity index (χ3v) is 6.46. The van der Waals surface area contributed by atoms with Crippen molar-refractivity contribution in [1.29, 1.82) is 0 Å². The maximum absolute atomic E-state index is 12.5. The third kappa shape index (κ3) is 5.10. The van der Waals surface area contributed by atoms with Crippen LogP contribution in [0.2, 0.25) is 0 Å². The highest BCUT2D eigenvalue weighted by Crippen LogP contribution is 2.29. The van der Waals surface area contributed by atoms with Crippen LogP contribution in [0.25, 0.3) is 0 Å². The molecular formula is C22H24N2O3S2. The van der Waals surface area contributed by atoms with Crippen LogP contribution in [0.3, 0.4) is 0 Å². The summed E-state index contributed by atoms with van der Waals surface area (Å²) in [5.74, 6) is -0.448. The molecule has 2 heterocycles. The Morgan fingerprint density at radius 3 is 2.59 bits per heavy atom. The van der Waals surface area contributed by atoms with Gasteiger partial charge in [-0.25, -0.2) is 9.78 Å². The number of hydrogen-bond donors (Lipinski definition) is 0. The van der Waals surface area contributed by atoms with Crippen molar-refractivity contribution in [2.45, 2.75) is 46.6 Å². The van der Waals surface area contributed by atoms with Gasteiger partial charge in [-0.1, -0.05) is 38.5 Å². The first-order chi connectivity index (χ1) is 14.0. The van der Waals surface area contributed by atoms with Gasteiger partial charge in [0, 0.05) is 17.2 Å². The lowest BCUT2D eigenvalue weighted by molar-refractivity contribution is -0.115. The molecule has 5 nitrogen and oxygen atoms in total. The van der Waals surface area contributed by atoms with Crippen LogP contribution in [0.1, 0.15) is 53.0 Å². The van der Waals surface area contributed by atoms with E-state index < -0.39 is 0 Å². The highest BCUT2D eigenvalue weighted by Gasteiger charge is 2.19. The van der Waals surface area contributed by atoms with Crippen molar-refractivity contribution < 1.29 is 14.3 Å². The number of rotatable bonds is 8. The fourth-order valence-electron chi connectivity index (χ4n) is 2.98. The number of para-hydroxylation sites is 1. The van der Waals surface area contributed by atoms with Crippen LogP contribution in [-0.2, 0) is 29.0 Å². The minimum atomic E-state index is -0.326. The molecule has 0 saturated carbocycles. The van der Waals surface area contributed by atoms with E-state index in [4.69, 9.17) is 4.74 Å². The quantitative estimate of drug-likeness (QED) is 0.428. The number of hydrogen-bond acceptors (Lipinski definition) is 6. The second-order valence-corrected chi connectivity index (χ2v) is 8.52. The molecule has 0 unspecified atom stereocenters. The Labute approximate surface area is 179 Å². The minimum Gasteiger partial charge on any atom is -0.455 e. The van der Waals surface area contributed by atoms with E-state index in [0.717, 1.165) is 24.9 Å². The second-order valence-electron chi connectivity index (χ2n) is 6.55. The first-order valence-electron chi connectivity index (χ1n) is 9.62. The number of benzene rings is 1. The lowest BCUT2D eigenvalue weighted by Gasteiger charge is -2.17. The first kappa shape index (κ1) is 21.2. The Bertz CT molecular complexity index is 979. The molecule has 0 aliphatic rings. The largest absolute Gasteiger partial charge is 0.455 e. The highest BCUT2D eigenvalue weighted by molar-refractivity contribution is 7.14. The molecule has 3 rings (SSSR count). The standard InChI is InChI=1S/C22H24N2O3S2/c1-4-9-19-16(5-2)12-20(29-19)21(26)27-13-17-14-28-22(23-17)24(15(3)25)18-10-7-6-8-11-18/h6-8,10-12,14H,4-5,9,13H2,1-3H3. The van der Waals surface area contributed by atoms with Gasteiger partial charge >= 0.3 is 5.97 Å². The number of anilines is 2. The average Bonchev–Trinajstić information content (AvgIpc) is 3.34. The van der Waals surface area contributed by atoms with Gasteiger partial charge in [0.2, 0.25) is 5.91 Å². The van der Waals surface area contributed by atoms with E-state index in [1.807, 2.05) is 41.8 Å². The topological polar surface area (TPSA) is 59.5 Å². The Hall–Kier alpha value is -2.51. The van der Waals surface area contributed by atoms with Crippen LogP contribution in [0.5, 0.6) is 0 Å². The molecule has 2 aromatic heterocycles. The van der Waals surface area contributed by atoms with Crippen LogP contribution in [0.15, 0.2) is 41.8 Å². The Morgan fingerprint density at radius 2 is 1.93 bits per heavy atom. The van der Waals surface area contributed by atoms with E-state index in [-0.39, 0.29) is 18.5 Å². The van der Waals surface area contributed by atoms with Crippen molar-refractivity contribution in [3.63, 3.8) is 0 Å². The number of carbonyl (C=O) groups excluding carboxylic acids is 2. The summed E-state index contributed by atoms with van der Waals surface area (Å²) in [6.45, 7) is 5.82. The molecule has 1 aromatic carbocycles. The third-order valence-electron chi connectivity index (χ3n) is 4.37. The van der Waals surface area contributed by atoms with E-state index in [1.165, 1.54) is 40.0 Å². The summed E-state index contributed by atoms with van der Waals surface area (Å²) < 4.78 is 5.48. The molecule has 0 bridgehead atoms. The molecule has 0 atom stereocenters. The summed E-state index contributed by atoms with van der Waals surface area (Å²) in [6.07, 6.45) is 2.95. The molecule has 0 N–H and O–H groups in total. The van der Waals surface area contributed by atoms with Gasteiger partial charge in [-0.2, -0.15) is 0 Å². The number of aromatic nitrogens is 1. The summed E-state index contributed by atoms with van der Waals surface area (Å²) >= 11 is 2.87. The summed E-state index contributed by atoms with van der Waals surface area (Å²) in [5.41, 5.74) is 2.60. The number of thiazole rings is 1. The first-order valence-corrected chi connectivity index (χ1v) is 11.3. The van der Waals surface area contributed by atoms with E-state index in [1.54, 1.807) is 4.90 Å². The fraction of sp³-hybridized carbons (Fsp3) is 0.318. The number of amides is 1. The van der Waals surface area contributed by atoms with Crippen molar-refractivity contribution in [2.24, 2.45) is 0 Å². The normalized spacial score (nSPS) is 10.7. The molecule has 0 radical (unpaired) electrons. The monoisotopic (exact) mass is 428 g/mol.